The largest absolute Gasteiger partial charge is 0.356 e. The van der Waals surface area contributed by atoms with Gasteiger partial charge >= 0.3 is 0 Å². The van der Waals surface area contributed by atoms with Gasteiger partial charge in [-0.15, -0.1) is 0 Å². The van der Waals surface area contributed by atoms with Crippen LogP contribution in [0.2, 0.25) is 0 Å². The summed E-state index contributed by atoms with van der Waals surface area (Å²) in [6.45, 7) is 0.833. The smallest absolute Gasteiger partial charge is 0.271 e. The Kier molecular flexibility index (Phi) is 3.27. The molecule has 0 radical (unpaired) electrons. The first-order valence-corrected chi connectivity index (χ1v) is 6.75. The summed E-state index contributed by atoms with van der Waals surface area (Å²) in [5.74, 6) is 1.37. The normalized spacial score (nSPS) is 21.6. The molecular weight excluding hydrogens is 258 g/mol. The molecule has 0 spiro atoms. The first kappa shape index (κ1) is 12.9. The Morgan fingerprint density at radius 1 is 1.50 bits per heavy atom. The van der Waals surface area contributed by atoms with Crippen LogP contribution in [0.1, 0.15) is 19.3 Å². The van der Waals surface area contributed by atoms with Gasteiger partial charge in [-0.3, -0.25) is 10.1 Å². The number of hydrogen-bond acceptors (Lipinski definition) is 5. The number of imidazole rings is 1. The molecule has 1 aliphatic rings. The second kappa shape index (κ2) is 5.09. The molecule has 0 aliphatic heterocycles. The summed E-state index contributed by atoms with van der Waals surface area (Å²) in [4.78, 5) is 17.7. The van der Waals surface area contributed by atoms with Crippen molar-refractivity contribution in [3.63, 3.8) is 0 Å². The van der Waals surface area contributed by atoms with Crippen molar-refractivity contribution in [3.05, 3.63) is 28.3 Å². The van der Waals surface area contributed by atoms with E-state index < -0.39 is 4.92 Å². The molecule has 20 heavy (non-hydrogen) atoms. The maximum atomic E-state index is 10.7. The van der Waals surface area contributed by atoms with Crippen molar-refractivity contribution in [2.75, 3.05) is 11.9 Å². The summed E-state index contributed by atoms with van der Waals surface area (Å²) in [6, 6.07) is 4.99. The maximum Gasteiger partial charge on any atom is 0.271 e. The highest BCUT2D eigenvalue weighted by molar-refractivity contribution is 5.79. The minimum absolute atomic E-state index is 0.0659. The first-order chi connectivity index (χ1) is 9.61. The van der Waals surface area contributed by atoms with Crippen molar-refractivity contribution in [2.24, 2.45) is 11.7 Å². The van der Waals surface area contributed by atoms with E-state index in [1.54, 1.807) is 6.07 Å². The number of aromatic amines is 1. The molecule has 7 nitrogen and oxygen atoms in total. The molecule has 0 atom stereocenters. The van der Waals surface area contributed by atoms with Crippen LogP contribution >= 0.6 is 0 Å². The number of aromatic nitrogens is 2. The minimum Gasteiger partial charge on any atom is -0.356 e. The average molecular weight is 275 g/mol. The number of nitrogens with zero attached hydrogens (tertiary/aromatic N) is 2. The third-order valence-electron chi connectivity index (χ3n) is 3.79. The van der Waals surface area contributed by atoms with E-state index in [1.807, 2.05) is 0 Å². The van der Waals surface area contributed by atoms with E-state index in [9.17, 15) is 10.1 Å². The van der Waals surface area contributed by atoms with E-state index in [-0.39, 0.29) is 5.69 Å². The van der Waals surface area contributed by atoms with Crippen molar-refractivity contribution in [1.82, 2.24) is 9.97 Å². The Labute approximate surface area is 115 Å². The molecule has 1 aromatic heterocycles. The van der Waals surface area contributed by atoms with Gasteiger partial charge in [-0.05, 0) is 31.2 Å². The number of nitrogens with one attached hydrogen (secondary N) is 2. The van der Waals surface area contributed by atoms with Gasteiger partial charge in [0.15, 0.2) is 0 Å². The third kappa shape index (κ3) is 2.57. The van der Waals surface area contributed by atoms with E-state index in [0.717, 1.165) is 31.3 Å². The zero-order valence-electron chi connectivity index (χ0n) is 11.0. The molecule has 7 heteroatoms. The van der Waals surface area contributed by atoms with Gasteiger partial charge in [0.25, 0.3) is 5.69 Å². The highest BCUT2D eigenvalue weighted by Gasteiger charge is 2.25. The zero-order chi connectivity index (χ0) is 14.1. The van der Waals surface area contributed by atoms with Crippen molar-refractivity contribution in [2.45, 2.75) is 25.3 Å². The van der Waals surface area contributed by atoms with Gasteiger partial charge in [0.1, 0.15) is 0 Å². The molecule has 3 rings (SSSR count). The second-order valence-corrected chi connectivity index (χ2v) is 5.36. The Morgan fingerprint density at radius 2 is 2.30 bits per heavy atom. The van der Waals surface area contributed by atoms with E-state index in [4.69, 9.17) is 5.73 Å². The number of fused-ring (bicyclic) bond motifs is 1. The fourth-order valence-corrected chi connectivity index (χ4v) is 2.61. The number of anilines is 1. The quantitative estimate of drug-likeness (QED) is 0.571. The van der Waals surface area contributed by atoms with Crippen LogP contribution in [0, 0.1) is 16.0 Å². The molecule has 1 saturated carbocycles. The topological polar surface area (TPSA) is 110 Å². The number of nitrogens with two attached hydrogens (primary N) is 1. The molecule has 0 amide bonds. The van der Waals surface area contributed by atoms with Crippen LogP contribution in [-0.2, 0) is 0 Å². The summed E-state index contributed by atoms with van der Waals surface area (Å²) in [5.41, 5.74) is 7.21. The van der Waals surface area contributed by atoms with Crippen molar-refractivity contribution in [1.29, 1.82) is 0 Å². The van der Waals surface area contributed by atoms with Crippen LogP contribution < -0.4 is 11.1 Å². The van der Waals surface area contributed by atoms with Gasteiger partial charge in [0, 0.05) is 24.7 Å². The standard InChI is InChI=1S/C13H17N5O2/c14-9-5-8(6-9)3-4-15-13-16-11-2-1-10(18(19)20)7-12(11)17-13/h1-2,7-9H,3-6,14H2,(H2,15,16,17). The average Bonchev–Trinajstić information content (AvgIpc) is 2.78. The SMILES string of the molecule is NC1CC(CCNc2nc3ccc([N+](=O)[O-])cc3[nH]2)C1. The summed E-state index contributed by atoms with van der Waals surface area (Å²) in [5, 5.41) is 13.9. The van der Waals surface area contributed by atoms with Crippen LogP contribution in [0.4, 0.5) is 11.6 Å². The molecular formula is C13H17N5O2. The summed E-state index contributed by atoms with van der Waals surface area (Å²) >= 11 is 0. The summed E-state index contributed by atoms with van der Waals surface area (Å²) < 4.78 is 0. The molecule has 1 fully saturated rings. The van der Waals surface area contributed by atoms with Gasteiger partial charge in [-0.25, -0.2) is 4.98 Å². The lowest BCUT2D eigenvalue weighted by Crippen LogP contribution is -2.37. The minimum atomic E-state index is -0.410. The lowest BCUT2D eigenvalue weighted by atomic mass is 9.79. The molecule has 0 unspecified atom stereocenters. The van der Waals surface area contributed by atoms with Gasteiger partial charge in [-0.2, -0.15) is 0 Å². The lowest BCUT2D eigenvalue weighted by Gasteiger charge is -2.32. The number of H-pyrrole nitrogens is 1. The zero-order valence-corrected chi connectivity index (χ0v) is 11.0. The summed E-state index contributed by atoms with van der Waals surface area (Å²) in [6.07, 6.45) is 3.28. The fourth-order valence-electron chi connectivity index (χ4n) is 2.61. The molecule has 0 saturated heterocycles. The van der Waals surface area contributed by atoms with Crippen LogP contribution in [0.5, 0.6) is 0 Å². The Morgan fingerprint density at radius 3 is 3.00 bits per heavy atom. The van der Waals surface area contributed by atoms with E-state index >= 15 is 0 Å². The van der Waals surface area contributed by atoms with Crippen molar-refractivity contribution in [3.8, 4) is 0 Å². The molecule has 4 N–H and O–H groups in total. The number of nitro groups is 1. The summed E-state index contributed by atoms with van der Waals surface area (Å²) in [7, 11) is 0. The monoisotopic (exact) mass is 275 g/mol. The van der Waals surface area contributed by atoms with Gasteiger partial charge < -0.3 is 16.0 Å². The number of rotatable bonds is 5. The van der Waals surface area contributed by atoms with Crippen molar-refractivity contribution < 1.29 is 4.92 Å². The third-order valence-corrected chi connectivity index (χ3v) is 3.79. The number of nitro benzene ring substituents is 1. The number of hydrogen-bond donors (Lipinski definition) is 3. The van der Waals surface area contributed by atoms with E-state index in [0.29, 0.717) is 23.4 Å². The van der Waals surface area contributed by atoms with Crippen LogP contribution in [0.15, 0.2) is 18.2 Å². The van der Waals surface area contributed by atoms with Crippen LogP contribution in [-0.4, -0.2) is 27.5 Å². The fraction of sp³-hybridized carbons (Fsp3) is 0.462. The van der Waals surface area contributed by atoms with E-state index in [1.165, 1.54) is 12.1 Å². The highest BCUT2D eigenvalue weighted by Crippen LogP contribution is 2.28. The molecule has 1 heterocycles. The Balaban J connectivity index is 1.62. The first-order valence-electron chi connectivity index (χ1n) is 6.75. The Hall–Kier alpha value is -2.15. The van der Waals surface area contributed by atoms with Crippen molar-refractivity contribution >= 4 is 22.7 Å². The van der Waals surface area contributed by atoms with Crippen LogP contribution in [0.25, 0.3) is 11.0 Å². The molecule has 2 aromatic rings. The maximum absolute atomic E-state index is 10.7. The Bertz CT molecular complexity index is 633. The van der Waals surface area contributed by atoms with Gasteiger partial charge in [0.2, 0.25) is 5.95 Å². The molecule has 0 bridgehead atoms. The second-order valence-electron chi connectivity index (χ2n) is 5.36. The van der Waals surface area contributed by atoms with Gasteiger partial charge in [-0.1, -0.05) is 0 Å². The predicted molar refractivity (Wildman–Crippen MR) is 76.6 cm³/mol. The van der Waals surface area contributed by atoms with Crippen LogP contribution in [0.3, 0.4) is 0 Å². The molecule has 106 valence electrons. The predicted octanol–water partition coefficient (Wildman–Crippen LogP) is 2.01. The number of benzene rings is 1. The molecule has 1 aromatic carbocycles. The highest BCUT2D eigenvalue weighted by atomic mass is 16.6. The number of non-ortho nitro benzene ring substituents is 1. The van der Waals surface area contributed by atoms with Gasteiger partial charge in [0.05, 0.1) is 16.0 Å². The molecule has 1 aliphatic carbocycles. The lowest BCUT2D eigenvalue weighted by molar-refractivity contribution is -0.384. The van der Waals surface area contributed by atoms with E-state index in [2.05, 4.69) is 15.3 Å².